The number of carboxylic acid groups (broad SMARTS) is 1. The summed E-state index contributed by atoms with van der Waals surface area (Å²) in [6.07, 6.45) is -0.739. The average molecular weight is 328 g/mol. The number of imide groups is 1. The smallest absolute Gasteiger partial charge is 0.421 e. The maximum Gasteiger partial charge on any atom is 0.421 e. The van der Waals surface area contributed by atoms with Gasteiger partial charge in [0, 0.05) is 4.47 Å². The van der Waals surface area contributed by atoms with E-state index in [9.17, 15) is 14.4 Å². The number of carbonyl (C=O) groups is 3. The van der Waals surface area contributed by atoms with Crippen LogP contribution < -0.4 is 4.90 Å². The number of rotatable bonds is 2. The fraction of sp³-hybridized carbons (Fsp3) is 0.250. The quantitative estimate of drug-likeness (QED) is 0.900. The summed E-state index contributed by atoms with van der Waals surface area (Å²) in [6.45, 7) is 1.77. The van der Waals surface area contributed by atoms with Gasteiger partial charge in [-0.25, -0.2) is 14.5 Å². The van der Waals surface area contributed by atoms with Gasteiger partial charge in [-0.15, -0.1) is 0 Å². The van der Waals surface area contributed by atoms with Gasteiger partial charge in [-0.3, -0.25) is 4.79 Å². The summed E-state index contributed by atoms with van der Waals surface area (Å²) in [4.78, 5) is 35.4. The minimum Gasteiger partial charge on any atom is -0.478 e. The Kier molecular flexibility index (Phi) is 3.57. The van der Waals surface area contributed by atoms with Crippen molar-refractivity contribution in [1.29, 1.82) is 0 Å². The number of anilines is 1. The first-order chi connectivity index (χ1) is 8.95. The van der Waals surface area contributed by atoms with Gasteiger partial charge in [-0.1, -0.05) is 0 Å². The van der Waals surface area contributed by atoms with Crippen molar-refractivity contribution < 1.29 is 24.2 Å². The zero-order chi connectivity index (χ0) is 14.2. The molecular formula is C12H10BrNO5. The topological polar surface area (TPSA) is 83.9 Å². The van der Waals surface area contributed by atoms with Gasteiger partial charge in [0.15, 0.2) is 0 Å². The van der Waals surface area contributed by atoms with E-state index < -0.39 is 18.0 Å². The molecule has 19 heavy (non-hydrogen) atoms. The first-order valence-electron chi connectivity index (χ1n) is 5.51. The van der Waals surface area contributed by atoms with E-state index in [1.165, 1.54) is 12.1 Å². The van der Waals surface area contributed by atoms with Gasteiger partial charge in [-0.2, -0.15) is 0 Å². The van der Waals surface area contributed by atoms with Gasteiger partial charge in [0.1, 0.15) is 0 Å². The van der Waals surface area contributed by atoms with E-state index in [0.29, 0.717) is 10.0 Å². The van der Waals surface area contributed by atoms with Crippen LogP contribution in [0.4, 0.5) is 10.5 Å². The van der Waals surface area contributed by atoms with Crippen molar-refractivity contribution in [3.05, 3.63) is 27.7 Å². The Morgan fingerprint density at radius 3 is 2.74 bits per heavy atom. The highest BCUT2D eigenvalue weighted by Crippen LogP contribution is 2.34. The number of carbonyl (C=O) groups excluding carboxylic acids is 2. The second-order valence-electron chi connectivity index (χ2n) is 3.87. The zero-order valence-electron chi connectivity index (χ0n) is 9.97. The van der Waals surface area contributed by atoms with Crippen LogP contribution in [0.2, 0.25) is 0 Å². The van der Waals surface area contributed by atoms with E-state index in [2.05, 4.69) is 15.9 Å². The highest BCUT2D eigenvalue weighted by Gasteiger charge is 2.34. The van der Waals surface area contributed by atoms with Crippen LogP contribution in [0.15, 0.2) is 16.6 Å². The molecule has 6 nitrogen and oxygen atoms in total. The van der Waals surface area contributed by atoms with Gasteiger partial charge < -0.3 is 9.84 Å². The Morgan fingerprint density at radius 1 is 1.47 bits per heavy atom. The molecule has 0 unspecified atom stereocenters. The summed E-state index contributed by atoms with van der Waals surface area (Å²) in [5.41, 5.74) is 0.849. The third-order valence-corrected chi connectivity index (χ3v) is 3.34. The molecule has 0 spiro atoms. The number of halogens is 1. The predicted octanol–water partition coefficient (Wildman–Crippen LogP) is 2.19. The molecule has 1 aromatic carbocycles. The standard InChI is InChI=1S/C12H10BrNO5/c1-2-19-12(18)14-9-5-7(11(16)17)8(13)3-6(9)4-10(14)15/h3,5H,2,4H2,1H3,(H,16,17). The van der Waals surface area contributed by atoms with Crippen molar-refractivity contribution in [3.63, 3.8) is 0 Å². The third kappa shape index (κ3) is 2.33. The second-order valence-corrected chi connectivity index (χ2v) is 4.73. The number of hydrogen-bond acceptors (Lipinski definition) is 4. The van der Waals surface area contributed by atoms with Crippen LogP contribution >= 0.6 is 15.9 Å². The van der Waals surface area contributed by atoms with Gasteiger partial charge in [0.2, 0.25) is 5.91 Å². The second kappa shape index (κ2) is 5.00. The number of ether oxygens (including phenoxy) is 1. The molecule has 0 bridgehead atoms. The molecule has 0 saturated carbocycles. The highest BCUT2D eigenvalue weighted by molar-refractivity contribution is 9.10. The summed E-state index contributed by atoms with van der Waals surface area (Å²) in [5.74, 6) is -1.57. The molecule has 0 aliphatic carbocycles. The number of carboxylic acids is 1. The maximum absolute atomic E-state index is 11.8. The van der Waals surface area contributed by atoms with Crippen LogP contribution in [-0.4, -0.2) is 29.7 Å². The van der Waals surface area contributed by atoms with Crippen LogP contribution in [0.1, 0.15) is 22.8 Å². The molecular weight excluding hydrogens is 318 g/mol. The molecule has 0 aromatic heterocycles. The molecule has 0 atom stereocenters. The van der Waals surface area contributed by atoms with Gasteiger partial charge in [-0.05, 0) is 40.5 Å². The van der Waals surface area contributed by atoms with Crippen molar-refractivity contribution in [3.8, 4) is 0 Å². The molecule has 1 N–H and O–H groups in total. The lowest BCUT2D eigenvalue weighted by atomic mass is 10.1. The number of nitrogens with zero attached hydrogens (tertiary/aromatic N) is 1. The third-order valence-electron chi connectivity index (χ3n) is 2.68. The zero-order valence-corrected chi connectivity index (χ0v) is 11.6. The minimum absolute atomic E-state index is 0.0113. The molecule has 2 rings (SSSR count). The van der Waals surface area contributed by atoms with E-state index in [-0.39, 0.29) is 24.3 Å². The molecule has 2 amide bonds. The van der Waals surface area contributed by atoms with Gasteiger partial charge in [0.25, 0.3) is 0 Å². The molecule has 1 aliphatic rings. The lowest BCUT2D eigenvalue weighted by molar-refractivity contribution is -0.116. The fourth-order valence-corrected chi connectivity index (χ4v) is 2.44. The Labute approximate surface area is 117 Å². The van der Waals surface area contributed by atoms with Crippen LogP contribution in [0.25, 0.3) is 0 Å². The van der Waals surface area contributed by atoms with Crippen LogP contribution in [0, 0.1) is 0 Å². The van der Waals surface area contributed by atoms with E-state index >= 15 is 0 Å². The SMILES string of the molecule is CCOC(=O)N1C(=O)Cc2cc(Br)c(C(=O)O)cc21. The van der Waals surface area contributed by atoms with Crippen LogP contribution in [0.3, 0.4) is 0 Å². The summed E-state index contributed by atoms with van der Waals surface area (Å²) in [7, 11) is 0. The first-order valence-corrected chi connectivity index (χ1v) is 6.30. The molecule has 1 aromatic rings. The van der Waals surface area contributed by atoms with Gasteiger partial charge >= 0.3 is 12.1 Å². The van der Waals surface area contributed by atoms with Crippen molar-refractivity contribution >= 4 is 39.6 Å². The summed E-state index contributed by atoms with van der Waals surface area (Å²) < 4.78 is 5.16. The lowest BCUT2D eigenvalue weighted by Gasteiger charge is -2.15. The molecule has 0 radical (unpaired) electrons. The average Bonchev–Trinajstić information content (AvgIpc) is 2.63. The fourth-order valence-electron chi connectivity index (χ4n) is 1.88. The van der Waals surface area contributed by atoms with Crippen LogP contribution in [-0.2, 0) is 16.0 Å². The number of amides is 2. The maximum atomic E-state index is 11.8. The Morgan fingerprint density at radius 2 is 2.16 bits per heavy atom. The van der Waals surface area contributed by atoms with E-state index in [4.69, 9.17) is 9.84 Å². The number of aromatic carboxylic acids is 1. The van der Waals surface area contributed by atoms with E-state index in [1.54, 1.807) is 6.92 Å². The Hall–Kier alpha value is -1.89. The van der Waals surface area contributed by atoms with Gasteiger partial charge in [0.05, 0.1) is 24.3 Å². The van der Waals surface area contributed by atoms with Crippen molar-refractivity contribution in [2.45, 2.75) is 13.3 Å². The largest absolute Gasteiger partial charge is 0.478 e. The Bertz CT molecular complexity index is 584. The molecule has 7 heteroatoms. The van der Waals surface area contributed by atoms with Crippen molar-refractivity contribution in [2.75, 3.05) is 11.5 Å². The predicted molar refractivity (Wildman–Crippen MR) is 69.3 cm³/mol. The molecule has 0 fully saturated rings. The lowest BCUT2D eigenvalue weighted by Crippen LogP contribution is -2.34. The molecule has 0 saturated heterocycles. The summed E-state index contributed by atoms with van der Waals surface area (Å²) in [6, 6.07) is 2.83. The Balaban J connectivity index is 2.50. The monoisotopic (exact) mass is 327 g/mol. The summed E-state index contributed by atoms with van der Waals surface area (Å²) in [5, 5.41) is 9.04. The minimum atomic E-state index is -1.14. The number of hydrogen-bond donors (Lipinski definition) is 1. The summed E-state index contributed by atoms with van der Waals surface area (Å²) >= 11 is 3.13. The molecule has 100 valence electrons. The van der Waals surface area contributed by atoms with Crippen molar-refractivity contribution in [1.82, 2.24) is 0 Å². The van der Waals surface area contributed by atoms with E-state index in [0.717, 1.165) is 4.90 Å². The number of fused-ring (bicyclic) bond motifs is 1. The van der Waals surface area contributed by atoms with E-state index in [1.807, 2.05) is 0 Å². The van der Waals surface area contributed by atoms with Crippen molar-refractivity contribution in [2.24, 2.45) is 0 Å². The highest BCUT2D eigenvalue weighted by atomic mass is 79.9. The van der Waals surface area contributed by atoms with Crippen LogP contribution in [0.5, 0.6) is 0 Å². The first kappa shape index (κ1) is 13.5. The number of benzene rings is 1. The normalized spacial score (nSPS) is 13.4. The molecule has 1 aliphatic heterocycles. The molecule has 1 heterocycles.